The van der Waals surface area contributed by atoms with Crippen LogP contribution in [-0.4, -0.2) is 41.9 Å². The lowest BCUT2D eigenvalue weighted by atomic mass is 9.85. The first kappa shape index (κ1) is 21.1. The van der Waals surface area contributed by atoms with Gasteiger partial charge in [0.05, 0.1) is 0 Å². The fourth-order valence-corrected chi connectivity index (χ4v) is 2.97. The van der Waals surface area contributed by atoms with E-state index in [9.17, 15) is 23.6 Å². The minimum atomic E-state index is -1.37. The lowest BCUT2D eigenvalue weighted by molar-refractivity contribution is -0.135. The van der Waals surface area contributed by atoms with Crippen molar-refractivity contribution < 1.29 is 23.6 Å². The van der Waals surface area contributed by atoms with Gasteiger partial charge in [0.2, 0.25) is 5.91 Å². The van der Waals surface area contributed by atoms with Crippen LogP contribution in [0, 0.1) is 5.82 Å². The van der Waals surface area contributed by atoms with Crippen molar-refractivity contribution >= 4 is 23.9 Å². The van der Waals surface area contributed by atoms with Gasteiger partial charge < -0.3 is 10.6 Å². The van der Waals surface area contributed by atoms with Crippen molar-refractivity contribution in [1.29, 1.82) is 0 Å². The number of hydrogen-bond donors (Lipinski definition) is 3. The quantitative estimate of drug-likeness (QED) is 0.464. The van der Waals surface area contributed by atoms with E-state index >= 15 is 0 Å². The summed E-state index contributed by atoms with van der Waals surface area (Å²) >= 11 is 0. The Balaban J connectivity index is 2.20. The topological polar surface area (TPSA) is 108 Å². The van der Waals surface area contributed by atoms with E-state index in [1.807, 2.05) is 12.2 Å². The Kier molecular flexibility index (Phi) is 6.86. The molecule has 1 aromatic carbocycles. The number of halogens is 1. The third-order valence-electron chi connectivity index (χ3n) is 4.38. The van der Waals surface area contributed by atoms with Gasteiger partial charge in [-0.2, -0.15) is 0 Å². The van der Waals surface area contributed by atoms with Crippen LogP contribution in [0.1, 0.15) is 31.7 Å². The molecule has 1 heterocycles. The first-order valence-electron chi connectivity index (χ1n) is 8.92. The highest BCUT2D eigenvalue weighted by molar-refractivity contribution is 6.10. The Morgan fingerprint density at radius 2 is 1.96 bits per heavy atom. The summed E-state index contributed by atoms with van der Waals surface area (Å²) in [5, 5.41) is 7.05. The number of imide groups is 2. The summed E-state index contributed by atoms with van der Waals surface area (Å²) in [6.45, 7) is 4.92. The molecule has 3 N–H and O–H groups in total. The maximum Gasteiger partial charge on any atom is 0.325 e. The van der Waals surface area contributed by atoms with E-state index in [-0.39, 0.29) is 6.54 Å². The number of benzene rings is 1. The van der Waals surface area contributed by atoms with Crippen molar-refractivity contribution in [1.82, 2.24) is 20.9 Å². The molecule has 1 aliphatic rings. The molecule has 0 spiro atoms. The van der Waals surface area contributed by atoms with Crippen LogP contribution in [0.5, 0.6) is 0 Å². The molecular weight excluding hydrogens is 367 g/mol. The van der Waals surface area contributed by atoms with Crippen LogP contribution < -0.4 is 16.0 Å². The fraction of sp³-hybridized carbons (Fsp3) is 0.368. The minimum Gasteiger partial charge on any atom is -0.334 e. The second-order valence-corrected chi connectivity index (χ2v) is 6.38. The summed E-state index contributed by atoms with van der Waals surface area (Å²) in [7, 11) is 0. The average Bonchev–Trinajstić information content (AvgIpc) is 2.90. The summed E-state index contributed by atoms with van der Waals surface area (Å²) in [6.07, 6.45) is 3.15. The third-order valence-corrected chi connectivity index (χ3v) is 4.38. The van der Waals surface area contributed by atoms with E-state index in [1.165, 1.54) is 30.3 Å². The number of carbonyl (C=O) groups excluding carboxylic acids is 4. The van der Waals surface area contributed by atoms with Gasteiger partial charge in [-0.1, -0.05) is 38.0 Å². The predicted molar refractivity (Wildman–Crippen MR) is 99.6 cm³/mol. The summed E-state index contributed by atoms with van der Waals surface area (Å²) in [5.41, 5.74) is -0.932. The molecule has 8 nitrogen and oxygen atoms in total. The molecule has 1 unspecified atom stereocenters. The molecule has 6 amide bonds. The smallest absolute Gasteiger partial charge is 0.325 e. The summed E-state index contributed by atoms with van der Waals surface area (Å²) < 4.78 is 13.3. The molecule has 9 heteroatoms. The van der Waals surface area contributed by atoms with E-state index in [1.54, 1.807) is 0 Å². The van der Waals surface area contributed by atoms with Crippen molar-refractivity contribution in [2.75, 3.05) is 13.1 Å². The Morgan fingerprint density at radius 3 is 2.57 bits per heavy atom. The van der Waals surface area contributed by atoms with E-state index in [0.29, 0.717) is 18.4 Å². The SMILES string of the molecule is C=CCNC(=O)NC(=O)CN1C(=O)NC(CCCC)(c2ccc(F)cc2)C1=O. The van der Waals surface area contributed by atoms with Crippen molar-refractivity contribution in [2.45, 2.75) is 31.7 Å². The largest absolute Gasteiger partial charge is 0.334 e. The zero-order valence-electron chi connectivity index (χ0n) is 15.6. The number of unbranched alkanes of at least 4 members (excludes halogenated alkanes) is 1. The van der Waals surface area contributed by atoms with Crippen molar-refractivity contribution in [3.63, 3.8) is 0 Å². The van der Waals surface area contributed by atoms with Gasteiger partial charge >= 0.3 is 12.1 Å². The van der Waals surface area contributed by atoms with E-state index in [2.05, 4.69) is 17.2 Å². The molecule has 1 saturated heterocycles. The first-order chi connectivity index (χ1) is 13.3. The standard InChI is InChI=1S/C19H23FN4O4/c1-3-5-10-19(13-6-8-14(20)9-7-13)16(26)24(18(28)23-19)12-15(25)22-17(27)21-11-4-2/h4,6-9H,2-3,5,10-12H2,1H3,(H,23,28)(H2,21,22,25,27). The Bertz CT molecular complexity index is 781. The first-order valence-corrected chi connectivity index (χ1v) is 8.92. The Labute approximate surface area is 162 Å². The molecule has 0 saturated carbocycles. The van der Waals surface area contributed by atoms with E-state index < -0.39 is 41.8 Å². The van der Waals surface area contributed by atoms with Crippen LogP contribution in [0.2, 0.25) is 0 Å². The fourth-order valence-electron chi connectivity index (χ4n) is 2.97. The number of amides is 6. The van der Waals surface area contributed by atoms with Gasteiger partial charge in [-0.15, -0.1) is 6.58 Å². The monoisotopic (exact) mass is 390 g/mol. The molecule has 0 bridgehead atoms. The summed E-state index contributed by atoms with van der Waals surface area (Å²) in [6, 6.07) is 3.80. The van der Waals surface area contributed by atoms with E-state index in [0.717, 1.165) is 11.3 Å². The van der Waals surface area contributed by atoms with Crippen molar-refractivity contribution in [2.24, 2.45) is 0 Å². The molecule has 0 aromatic heterocycles. The van der Waals surface area contributed by atoms with Crippen LogP contribution in [-0.2, 0) is 15.1 Å². The zero-order valence-corrected chi connectivity index (χ0v) is 15.6. The number of hydrogen-bond acceptors (Lipinski definition) is 4. The molecule has 1 aromatic rings. The molecular formula is C19H23FN4O4. The van der Waals surface area contributed by atoms with Gasteiger partial charge in [0.1, 0.15) is 17.9 Å². The molecule has 2 rings (SSSR count). The van der Waals surface area contributed by atoms with Gasteiger partial charge in [-0.3, -0.25) is 19.8 Å². The van der Waals surface area contributed by atoms with Gasteiger partial charge in [-0.05, 0) is 24.1 Å². The number of urea groups is 2. The second-order valence-electron chi connectivity index (χ2n) is 6.38. The highest BCUT2D eigenvalue weighted by Crippen LogP contribution is 2.34. The average molecular weight is 390 g/mol. The van der Waals surface area contributed by atoms with Crippen molar-refractivity contribution in [3.8, 4) is 0 Å². The molecule has 150 valence electrons. The number of carbonyl (C=O) groups is 4. The van der Waals surface area contributed by atoms with E-state index in [4.69, 9.17) is 0 Å². The number of rotatable bonds is 8. The van der Waals surface area contributed by atoms with Crippen LogP contribution in [0.4, 0.5) is 14.0 Å². The van der Waals surface area contributed by atoms with Gasteiger partial charge in [0, 0.05) is 6.54 Å². The number of nitrogens with one attached hydrogen (secondary N) is 3. The molecule has 1 aliphatic heterocycles. The highest BCUT2D eigenvalue weighted by atomic mass is 19.1. The Morgan fingerprint density at radius 1 is 1.29 bits per heavy atom. The highest BCUT2D eigenvalue weighted by Gasteiger charge is 2.52. The maximum absolute atomic E-state index is 13.3. The third kappa shape index (κ3) is 4.54. The molecule has 1 fully saturated rings. The van der Waals surface area contributed by atoms with Crippen molar-refractivity contribution in [3.05, 3.63) is 48.3 Å². The molecule has 28 heavy (non-hydrogen) atoms. The lowest BCUT2D eigenvalue weighted by Gasteiger charge is -2.27. The van der Waals surface area contributed by atoms with Gasteiger partial charge in [-0.25, -0.2) is 14.0 Å². The Hall–Kier alpha value is -3.23. The summed E-state index contributed by atoms with van der Waals surface area (Å²) in [5.74, 6) is -1.89. The number of nitrogens with zero attached hydrogens (tertiary/aromatic N) is 1. The molecule has 0 aliphatic carbocycles. The minimum absolute atomic E-state index is 0.160. The second kappa shape index (κ2) is 9.12. The summed E-state index contributed by atoms with van der Waals surface area (Å²) in [4.78, 5) is 49.8. The molecule has 1 atom stereocenters. The van der Waals surface area contributed by atoms with Gasteiger partial charge in [0.15, 0.2) is 0 Å². The normalized spacial score (nSPS) is 18.6. The molecule has 0 radical (unpaired) electrons. The maximum atomic E-state index is 13.3. The van der Waals surface area contributed by atoms with Gasteiger partial charge in [0.25, 0.3) is 5.91 Å². The van der Waals surface area contributed by atoms with Crippen LogP contribution in [0.25, 0.3) is 0 Å². The van der Waals surface area contributed by atoms with Crippen LogP contribution >= 0.6 is 0 Å². The van der Waals surface area contributed by atoms with Crippen LogP contribution in [0.15, 0.2) is 36.9 Å². The predicted octanol–water partition coefficient (Wildman–Crippen LogP) is 1.77. The lowest BCUT2D eigenvalue weighted by Crippen LogP contribution is -2.47. The van der Waals surface area contributed by atoms with Crippen LogP contribution in [0.3, 0.4) is 0 Å². The zero-order chi connectivity index (χ0) is 20.7.